The first-order valence-electron chi connectivity index (χ1n) is 9.01. The number of amides is 1. The number of carbonyl (C=O) groups is 1. The van der Waals surface area contributed by atoms with Crippen molar-refractivity contribution in [2.45, 2.75) is 13.3 Å². The molecule has 0 radical (unpaired) electrons. The highest BCUT2D eigenvalue weighted by Gasteiger charge is 2.32. The Balaban J connectivity index is 1.61. The first kappa shape index (κ1) is 19.5. The van der Waals surface area contributed by atoms with Crippen molar-refractivity contribution < 1.29 is 22.7 Å². The van der Waals surface area contributed by atoms with Crippen LogP contribution < -0.4 is 10.1 Å². The molecule has 30 heavy (non-hydrogen) atoms. The second-order valence-corrected chi connectivity index (χ2v) is 6.63. The van der Waals surface area contributed by atoms with Gasteiger partial charge in [0.2, 0.25) is 0 Å². The van der Waals surface area contributed by atoms with E-state index in [1.54, 1.807) is 18.2 Å². The molecular weight excluding hydrogens is 395 g/mol. The van der Waals surface area contributed by atoms with Crippen molar-refractivity contribution >= 4 is 17.2 Å². The Morgan fingerprint density at radius 2 is 1.87 bits per heavy atom. The number of imidazole rings is 1. The number of hydrogen-bond acceptors (Lipinski definition) is 3. The van der Waals surface area contributed by atoms with Crippen LogP contribution in [0.2, 0.25) is 0 Å². The zero-order chi connectivity index (χ0) is 21.3. The minimum Gasteiger partial charge on any atom is -0.405 e. The fourth-order valence-electron chi connectivity index (χ4n) is 3.12. The Bertz CT molecular complexity index is 1230. The van der Waals surface area contributed by atoms with E-state index >= 15 is 0 Å². The number of para-hydroxylation sites is 1. The molecule has 1 N–H and O–H groups in total. The molecule has 0 aliphatic carbocycles. The van der Waals surface area contributed by atoms with Gasteiger partial charge in [0, 0.05) is 23.6 Å². The first-order valence-corrected chi connectivity index (χ1v) is 9.01. The van der Waals surface area contributed by atoms with Gasteiger partial charge in [0.25, 0.3) is 5.91 Å². The number of fused-ring (bicyclic) bond motifs is 1. The van der Waals surface area contributed by atoms with Crippen LogP contribution in [0.4, 0.5) is 18.9 Å². The maximum absolute atomic E-state index is 12.6. The Hall–Kier alpha value is -3.81. The van der Waals surface area contributed by atoms with Crippen molar-refractivity contribution in [2.24, 2.45) is 0 Å². The number of carbonyl (C=O) groups excluding carboxylic acids is 1. The van der Waals surface area contributed by atoms with Crippen LogP contribution in [-0.4, -0.2) is 21.7 Å². The van der Waals surface area contributed by atoms with Crippen LogP contribution >= 0.6 is 0 Å². The van der Waals surface area contributed by atoms with Gasteiger partial charge in [-0.1, -0.05) is 30.3 Å². The summed E-state index contributed by atoms with van der Waals surface area (Å²) in [7, 11) is 0. The molecule has 0 spiro atoms. The number of aryl methyl sites for hydroxylation is 1. The number of benzene rings is 2. The number of halogens is 3. The summed E-state index contributed by atoms with van der Waals surface area (Å²) >= 11 is 0. The van der Waals surface area contributed by atoms with Crippen LogP contribution in [0, 0.1) is 6.92 Å². The van der Waals surface area contributed by atoms with E-state index in [4.69, 9.17) is 0 Å². The summed E-state index contributed by atoms with van der Waals surface area (Å²) < 4.78 is 43.7. The van der Waals surface area contributed by atoms with Gasteiger partial charge in [-0.3, -0.25) is 4.79 Å². The molecule has 152 valence electrons. The third-order valence-electron chi connectivity index (χ3n) is 4.45. The molecule has 2 aromatic heterocycles. The molecule has 8 heteroatoms. The smallest absolute Gasteiger partial charge is 0.405 e. The number of rotatable bonds is 4. The minimum atomic E-state index is -4.89. The molecule has 5 nitrogen and oxygen atoms in total. The average molecular weight is 411 g/mol. The second kappa shape index (κ2) is 7.55. The van der Waals surface area contributed by atoms with E-state index in [9.17, 15) is 18.0 Å². The lowest BCUT2D eigenvalue weighted by Gasteiger charge is -2.13. The molecular formula is C22H16F3N3O2. The number of alkyl halides is 3. The number of nitrogens with one attached hydrogen (secondary N) is 1. The van der Waals surface area contributed by atoms with Crippen LogP contribution in [0.25, 0.3) is 16.9 Å². The zero-order valence-electron chi connectivity index (χ0n) is 15.8. The van der Waals surface area contributed by atoms with E-state index in [2.05, 4.69) is 15.0 Å². The van der Waals surface area contributed by atoms with Gasteiger partial charge in [-0.25, -0.2) is 4.98 Å². The largest absolute Gasteiger partial charge is 0.573 e. The van der Waals surface area contributed by atoms with Gasteiger partial charge in [-0.2, -0.15) is 0 Å². The summed E-state index contributed by atoms with van der Waals surface area (Å²) in [4.78, 5) is 17.2. The number of pyridine rings is 1. The predicted octanol–water partition coefficient (Wildman–Crippen LogP) is 5.46. The van der Waals surface area contributed by atoms with Crippen LogP contribution in [0.5, 0.6) is 5.75 Å². The molecule has 0 fully saturated rings. The Morgan fingerprint density at radius 3 is 2.63 bits per heavy atom. The van der Waals surface area contributed by atoms with Crippen LogP contribution in [-0.2, 0) is 0 Å². The summed E-state index contributed by atoms with van der Waals surface area (Å²) in [6, 6.07) is 16.0. The Labute approximate surface area is 169 Å². The van der Waals surface area contributed by atoms with Gasteiger partial charge in [0.15, 0.2) is 0 Å². The van der Waals surface area contributed by atoms with E-state index in [0.29, 0.717) is 11.4 Å². The molecule has 2 heterocycles. The molecule has 2 aromatic carbocycles. The third-order valence-corrected chi connectivity index (χ3v) is 4.45. The maximum Gasteiger partial charge on any atom is 0.573 e. The van der Waals surface area contributed by atoms with E-state index in [1.807, 2.05) is 41.9 Å². The molecule has 1 amide bonds. The molecule has 4 aromatic rings. The van der Waals surface area contributed by atoms with Crippen molar-refractivity contribution in [1.82, 2.24) is 9.38 Å². The van der Waals surface area contributed by atoms with Crippen molar-refractivity contribution in [2.75, 3.05) is 5.32 Å². The zero-order valence-corrected chi connectivity index (χ0v) is 15.8. The van der Waals surface area contributed by atoms with Gasteiger partial charge in [-0.15, -0.1) is 13.2 Å². The fraction of sp³-hybridized carbons (Fsp3) is 0.0909. The summed E-state index contributed by atoms with van der Waals surface area (Å²) in [6.45, 7) is 1.96. The maximum atomic E-state index is 12.6. The summed E-state index contributed by atoms with van der Waals surface area (Å²) in [5.74, 6) is -1.27. The van der Waals surface area contributed by atoms with E-state index < -0.39 is 18.0 Å². The van der Waals surface area contributed by atoms with Crippen molar-refractivity contribution in [3.05, 3.63) is 84.2 Å². The quantitative estimate of drug-likeness (QED) is 0.485. The second-order valence-electron chi connectivity index (χ2n) is 6.63. The number of aromatic nitrogens is 2. The fourth-order valence-corrected chi connectivity index (χ4v) is 3.12. The van der Waals surface area contributed by atoms with Gasteiger partial charge in [0.1, 0.15) is 11.4 Å². The van der Waals surface area contributed by atoms with Crippen LogP contribution in [0.3, 0.4) is 0 Å². The number of hydrogen-bond donors (Lipinski definition) is 1. The van der Waals surface area contributed by atoms with Gasteiger partial charge < -0.3 is 14.5 Å². The van der Waals surface area contributed by atoms with Crippen molar-refractivity contribution in [1.29, 1.82) is 0 Å². The van der Waals surface area contributed by atoms with E-state index in [0.717, 1.165) is 22.8 Å². The SMILES string of the molecule is Cc1cccn2cc(-c3cccc(NC(=O)c4ccccc4OC(F)(F)F)c3)nc12. The van der Waals surface area contributed by atoms with Crippen molar-refractivity contribution in [3.63, 3.8) is 0 Å². The summed E-state index contributed by atoms with van der Waals surface area (Å²) in [5, 5.41) is 2.62. The summed E-state index contributed by atoms with van der Waals surface area (Å²) in [5.41, 5.74) is 3.52. The summed E-state index contributed by atoms with van der Waals surface area (Å²) in [6.07, 6.45) is -1.13. The lowest BCUT2D eigenvalue weighted by atomic mass is 10.1. The van der Waals surface area contributed by atoms with Gasteiger partial charge in [-0.05, 0) is 42.8 Å². The van der Waals surface area contributed by atoms with Crippen LogP contribution in [0.15, 0.2) is 73.1 Å². The number of nitrogens with zero attached hydrogens (tertiary/aromatic N) is 2. The lowest BCUT2D eigenvalue weighted by Crippen LogP contribution is -2.20. The lowest BCUT2D eigenvalue weighted by molar-refractivity contribution is -0.274. The van der Waals surface area contributed by atoms with Crippen LogP contribution in [0.1, 0.15) is 15.9 Å². The molecule has 0 aliphatic heterocycles. The number of ether oxygens (including phenoxy) is 1. The third kappa shape index (κ3) is 4.12. The highest BCUT2D eigenvalue weighted by molar-refractivity contribution is 6.06. The molecule has 0 saturated heterocycles. The molecule has 4 rings (SSSR count). The average Bonchev–Trinajstić information content (AvgIpc) is 3.13. The van der Waals surface area contributed by atoms with Gasteiger partial charge >= 0.3 is 6.36 Å². The number of anilines is 1. The monoisotopic (exact) mass is 411 g/mol. The van der Waals surface area contributed by atoms with E-state index in [1.165, 1.54) is 18.2 Å². The topological polar surface area (TPSA) is 55.6 Å². The first-order chi connectivity index (χ1) is 14.3. The Morgan fingerprint density at radius 1 is 1.07 bits per heavy atom. The van der Waals surface area contributed by atoms with E-state index in [-0.39, 0.29) is 5.56 Å². The predicted molar refractivity (Wildman–Crippen MR) is 106 cm³/mol. The minimum absolute atomic E-state index is 0.219. The highest BCUT2D eigenvalue weighted by Crippen LogP contribution is 2.28. The highest BCUT2D eigenvalue weighted by atomic mass is 19.4. The van der Waals surface area contributed by atoms with Gasteiger partial charge in [0.05, 0.1) is 11.3 Å². The molecule has 0 bridgehead atoms. The van der Waals surface area contributed by atoms with Crippen molar-refractivity contribution in [3.8, 4) is 17.0 Å². The molecule has 0 saturated carbocycles. The Kier molecular flexibility index (Phi) is 4.91. The molecule has 0 aliphatic rings. The molecule has 0 atom stereocenters. The normalized spacial score (nSPS) is 11.5. The standard InChI is InChI=1S/C22H16F3N3O2/c1-14-6-5-11-28-13-18(27-20(14)28)15-7-4-8-16(12-15)26-21(29)17-9-2-3-10-19(17)30-22(23,24)25/h2-13H,1H3,(H,26,29). The molecule has 0 unspecified atom stereocenters.